The lowest BCUT2D eigenvalue weighted by Gasteiger charge is -2.20. The lowest BCUT2D eigenvalue weighted by atomic mass is 10.1. The smallest absolute Gasteiger partial charge is 0.319 e. The van der Waals surface area contributed by atoms with Crippen molar-refractivity contribution in [3.63, 3.8) is 0 Å². The van der Waals surface area contributed by atoms with E-state index in [9.17, 15) is 4.79 Å². The van der Waals surface area contributed by atoms with Gasteiger partial charge in [-0.3, -0.25) is 0 Å². The zero-order valence-corrected chi connectivity index (χ0v) is 12.1. The number of amides is 2. The third kappa shape index (κ3) is 3.16. The van der Waals surface area contributed by atoms with Crippen molar-refractivity contribution in [2.45, 2.75) is 31.9 Å². The number of hydrogen-bond acceptors (Lipinski definition) is 2. The number of carbonyl (C=O) groups is 1. The van der Waals surface area contributed by atoms with Crippen molar-refractivity contribution in [1.82, 2.24) is 5.32 Å². The molecule has 0 spiro atoms. The van der Waals surface area contributed by atoms with E-state index in [1.807, 2.05) is 49.4 Å². The van der Waals surface area contributed by atoms with Crippen LogP contribution in [0.1, 0.15) is 19.8 Å². The topological polar surface area (TPSA) is 50.4 Å². The highest BCUT2D eigenvalue weighted by molar-refractivity contribution is 6.01. The molecule has 1 aliphatic heterocycles. The predicted molar refractivity (Wildman–Crippen MR) is 84.5 cm³/mol. The molecule has 0 aromatic heterocycles. The van der Waals surface area contributed by atoms with E-state index < -0.39 is 0 Å². The van der Waals surface area contributed by atoms with E-state index in [2.05, 4.69) is 10.6 Å². The number of benzene rings is 2. The Kier molecular flexibility index (Phi) is 4.06. The van der Waals surface area contributed by atoms with Crippen molar-refractivity contribution in [1.29, 1.82) is 0 Å². The lowest BCUT2D eigenvalue weighted by molar-refractivity contribution is 0.0868. The summed E-state index contributed by atoms with van der Waals surface area (Å²) in [5.41, 5.74) is 0.824. The van der Waals surface area contributed by atoms with E-state index in [0.717, 1.165) is 35.9 Å². The molecule has 2 N–H and O–H groups in total. The summed E-state index contributed by atoms with van der Waals surface area (Å²) < 4.78 is 5.59. The van der Waals surface area contributed by atoms with Gasteiger partial charge in [-0.2, -0.15) is 0 Å². The molecule has 4 nitrogen and oxygen atoms in total. The summed E-state index contributed by atoms with van der Waals surface area (Å²) in [6, 6.07) is 13.7. The van der Waals surface area contributed by atoms with Crippen LogP contribution in [0, 0.1) is 0 Å². The highest BCUT2D eigenvalue weighted by Gasteiger charge is 2.23. The maximum absolute atomic E-state index is 12.1. The molecule has 110 valence electrons. The van der Waals surface area contributed by atoms with E-state index in [0.29, 0.717) is 0 Å². The molecule has 21 heavy (non-hydrogen) atoms. The molecule has 0 radical (unpaired) electrons. The normalized spacial score (nSPS) is 19.4. The number of urea groups is 1. The molecule has 2 amide bonds. The van der Waals surface area contributed by atoms with Crippen LogP contribution in [-0.2, 0) is 4.74 Å². The maximum atomic E-state index is 12.1. The first kappa shape index (κ1) is 13.9. The van der Waals surface area contributed by atoms with Crippen LogP contribution >= 0.6 is 0 Å². The Labute approximate surface area is 124 Å². The fourth-order valence-electron chi connectivity index (χ4n) is 2.79. The number of nitrogens with one attached hydrogen (secondary N) is 2. The first-order valence-electron chi connectivity index (χ1n) is 7.41. The summed E-state index contributed by atoms with van der Waals surface area (Å²) >= 11 is 0. The van der Waals surface area contributed by atoms with Crippen molar-refractivity contribution in [2.75, 3.05) is 11.9 Å². The molecule has 1 saturated heterocycles. The molecule has 2 aromatic rings. The Hall–Kier alpha value is -2.07. The van der Waals surface area contributed by atoms with Gasteiger partial charge in [0.25, 0.3) is 0 Å². The summed E-state index contributed by atoms with van der Waals surface area (Å²) in [4.78, 5) is 12.1. The van der Waals surface area contributed by atoms with Crippen LogP contribution in [0.25, 0.3) is 10.8 Å². The van der Waals surface area contributed by atoms with E-state index >= 15 is 0 Å². The summed E-state index contributed by atoms with van der Waals surface area (Å²) in [5, 5.41) is 8.05. The summed E-state index contributed by atoms with van der Waals surface area (Å²) in [7, 11) is 0. The Morgan fingerprint density at radius 2 is 2.05 bits per heavy atom. The quantitative estimate of drug-likeness (QED) is 0.906. The second kappa shape index (κ2) is 6.14. The molecule has 1 fully saturated rings. The first-order valence-corrected chi connectivity index (χ1v) is 7.41. The van der Waals surface area contributed by atoms with Crippen molar-refractivity contribution in [2.24, 2.45) is 0 Å². The average Bonchev–Trinajstić information content (AvgIpc) is 3.02. The fraction of sp³-hybridized carbons (Fsp3) is 0.353. The standard InChI is InChI=1S/C17H20N2O2/c1-12(16-10-5-11-21-16)18-17(20)19-15-9-4-7-13-6-2-3-8-14(13)15/h2-4,6-9,12,16H,5,10-11H2,1H3,(H2,18,19,20)/t12-,16+/m1/s1. The minimum absolute atomic E-state index is 0.0162. The highest BCUT2D eigenvalue weighted by atomic mass is 16.5. The second-order valence-electron chi connectivity index (χ2n) is 5.47. The number of anilines is 1. The van der Waals surface area contributed by atoms with Gasteiger partial charge in [0.1, 0.15) is 0 Å². The molecule has 3 rings (SSSR count). The SMILES string of the molecule is C[C@@H](NC(=O)Nc1cccc2ccccc12)[C@@H]1CCCO1. The van der Waals surface area contributed by atoms with Crippen molar-refractivity contribution in [3.05, 3.63) is 42.5 Å². The van der Waals surface area contributed by atoms with Crippen LogP contribution < -0.4 is 10.6 Å². The van der Waals surface area contributed by atoms with E-state index in [-0.39, 0.29) is 18.2 Å². The van der Waals surface area contributed by atoms with Crippen LogP contribution in [0.4, 0.5) is 10.5 Å². The molecule has 0 unspecified atom stereocenters. The van der Waals surface area contributed by atoms with Gasteiger partial charge in [0, 0.05) is 12.0 Å². The maximum Gasteiger partial charge on any atom is 0.319 e. The number of rotatable bonds is 3. The number of fused-ring (bicyclic) bond motifs is 1. The zero-order chi connectivity index (χ0) is 14.7. The lowest BCUT2D eigenvalue weighted by Crippen LogP contribution is -2.43. The van der Waals surface area contributed by atoms with Gasteiger partial charge in [-0.25, -0.2) is 4.79 Å². The number of carbonyl (C=O) groups excluding carboxylic acids is 1. The van der Waals surface area contributed by atoms with Crippen molar-refractivity contribution in [3.8, 4) is 0 Å². The van der Waals surface area contributed by atoms with Gasteiger partial charge in [-0.15, -0.1) is 0 Å². The third-order valence-electron chi connectivity index (χ3n) is 3.92. The van der Waals surface area contributed by atoms with Crippen LogP contribution in [0.2, 0.25) is 0 Å². The Morgan fingerprint density at radius 1 is 1.24 bits per heavy atom. The average molecular weight is 284 g/mol. The minimum Gasteiger partial charge on any atom is -0.376 e. The molecule has 2 atom stereocenters. The van der Waals surface area contributed by atoms with Crippen LogP contribution in [0.5, 0.6) is 0 Å². The molecular weight excluding hydrogens is 264 g/mol. The Morgan fingerprint density at radius 3 is 2.86 bits per heavy atom. The van der Waals surface area contributed by atoms with Gasteiger partial charge < -0.3 is 15.4 Å². The van der Waals surface area contributed by atoms with Crippen LogP contribution in [-0.4, -0.2) is 24.8 Å². The zero-order valence-electron chi connectivity index (χ0n) is 12.1. The van der Waals surface area contributed by atoms with Gasteiger partial charge in [0.2, 0.25) is 0 Å². The predicted octanol–water partition coefficient (Wildman–Crippen LogP) is 3.53. The largest absolute Gasteiger partial charge is 0.376 e. The number of hydrogen-bond donors (Lipinski definition) is 2. The molecule has 0 saturated carbocycles. The molecule has 0 bridgehead atoms. The monoisotopic (exact) mass is 284 g/mol. The second-order valence-corrected chi connectivity index (χ2v) is 5.47. The van der Waals surface area contributed by atoms with Crippen molar-refractivity contribution < 1.29 is 9.53 Å². The molecule has 1 aliphatic rings. The van der Waals surface area contributed by atoms with Crippen LogP contribution in [0.15, 0.2) is 42.5 Å². The molecule has 0 aliphatic carbocycles. The Bertz CT molecular complexity index is 630. The third-order valence-corrected chi connectivity index (χ3v) is 3.92. The minimum atomic E-state index is -0.186. The van der Waals surface area contributed by atoms with E-state index in [1.54, 1.807) is 0 Å². The van der Waals surface area contributed by atoms with Gasteiger partial charge in [0.05, 0.1) is 17.8 Å². The van der Waals surface area contributed by atoms with Gasteiger partial charge in [0.15, 0.2) is 0 Å². The molecular formula is C17H20N2O2. The molecule has 2 aromatic carbocycles. The fourth-order valence-corrected chi connectivity index (χ4v) is 2.79. The summed E-state index contributed by atoms with van der Waals surface area (Å²) in [5.74, 6) is 0. The highest BCUT2D eigenvalue weighted by Crippen LogP contribution is 2.23. The molecule has 1 heterocycles. The summed E-state index contributed by atoms with van der Waals surface area (Å²) in [6.45, 7) is 2.78. The van der Waals surface area contributed by atoms with Crippen molar-refractivity contribution >= 4 is 22.5 Å². The van der Waals surface area contributed by atoms with Crippen LogP contribution in [0.3, 0.4) is 0 Å². The molecule has 4 heteroatoms. The van der Waals surface area contributed by atoms with Gasteiger partial charge >= 0.3 is 6.03 Å². The Balaban J connectivity index is 1.68. The van der Waals surface area contributed by atoms with Gasteiger partial charge in [-0.1, -0.05) is 36.4 Å². The van der Waals surface area contributed by atoms with E-state index in [1.165, 1.54) is 0 Å². The first-order chi connectivity index (χ1) is 10.2. The van der Waals surface area contributed by atoms with E-state index in [4.69, 9.17) is 4.74 Å². The summed E-state index contributed by atoms with van der Waals surface area (Å²) in [6.07, 6.45) is 2.21. The number of ether oxygens (including phenoxy) is 1. The van der Waals surface area contributed by atoms with Gasteiger partial charge in [-0.05, 0) is 31.2 Å².